The normalized spacial score (nSPS) is 11.8. The third-order valence-electron chi connectivity index (χ3n) is 3.40. The molecule has 0 aliphatic carbocycles. The summed E-state index contributed by atoms with van der Waals surface area (Å²) in [4.78, 5) is 0. The van der Waals surface area contributed by atoms with Gasteiger partial charge in [-0.15, -0.1) is 0 Å². The molecule has 0 aliphatic rings. The van der Waals surface area contributed by atoms with Crippen molar-refractivity contribution in [3.8, 4) is 16.9 Å². The van der Waals surface area contributed by atoms with E-state index < -0.39 is 0 Å². The number of phenolic OH excluding ortho intramolecular Hbond substituents is 1. The van der Waals surface area contributed by atoms with E-state index in [1.807, 2.05) is 26.1 Å². The summed E-state index contributed by atoms with van der Waals surface area (Å²) < 4.78 is 1.65. The molecule has 1 aromatic heterocycles. The van der Waals surface area contributed by atoms with Crippen LogP contribution in [0.3, 0.4) is 0 Å². The fourth-order valence-electron chi connectivity index (χ4n) is 2.18. The maximum Gasteiger partial charge on any atom is 0.129 e. The standard InChI is InChI=1S/C15H21N3O/c1-9-6-10(11-8-17-18(5)14(11)16)7-12(13(9)19)15(2,3)4/h6-8,19H,16H2,1-5H3. The van der Waals surface area contributed by atoms with Crippen LogP contribution in [0, 0.1) is 6.92 Å². The maximum atomic E-state index is 10.2. The zero-order valence-corrected chi connectivity index (χ0v) is 12.2. The van der Waals surface area contributed by atoms with Gasteiger partial charge in [0.15, 0.2) is 0 Å². The molecule has 102 valence electrons. The molecule has 19 heavy (non-hydrogen) atoms. The molecule has 1 heterocycles. The van der Waals surface area contributed by atoms with Crippen LogP contribution in [0.2, 0.25) is 0 Å². The molecule has 0 spiro atoms. The Labute approximate surface area is 113 Å². The van der Waals surface area contributed by atoms with Crippen LogP contribution in [-0.2, 0) is 12.5 Å². The minimum absolute atomic E-state index is 0.123. The highest BCUT2D eigenvalue weighted by Gasteiger charge is 2.21. The van der Waals surface area contributed by atoms with E-state index in [0.29, 0.717) is 11.6 Å². The first-order valence-electron chi connectivity index (χ1n) is 6.33. The highest BCUT2D eigenvalue weighted by atomic mass is 16.3. The Kier molecular flexibility index (Phi) is 3.04. The molecule has 0 bridgehead atoms. The summed E-state index contributed by atoms with van der Waals surface area (Å²) in [6.45, 7) is 8.15. The molecule has 0 aliphatic heterocycles. The number of nitrogens with two attached hydrogens (primary N) is 1. The van der Waals surface area contributed by atoms with E-state index in [1.165, 1.54) is 0 Å². The van der Waals surface area contributed by atoms with Gasteiger partial charge in [0.05, 0.1) is 6.20 Å². The number of hydrogen-bond acceptors (Lipinski definition) is 3. The molecule has 0 saturated heterocycles. The smallest absolute Gasteiger partial charge is 0.129 e. The second kappa shape index (κ2) is 4.30. The fraction of sp³-hybridized carbons (Fsp3) is 0.400. The minimum atomic E-state index is -0.123. The lowest BCUT2D eigenvalue weighted by molar-refractivity contribution is 0.443. The zero-order chi connectivity index (χ0) is 14.4. The minimum Gasteiger partial charge on any atom is -0.507 e. The Bertz CT molecular complexity index is 621. The summed E-state index contributed by atoms with van der Waals surface area (Å²) >= 11 is 0. The van der Waals surface area contributed by atoms with Gasteiger partial charge in [-0.2, -0.15) is 5.10 Å². The average Bonchev–Trinajstić information content (AvgIpc) is 2.62. The van der Waals surface area contributed by atoms with Crippen LogP contribution in [0.25, 0.3) is 11.1 Å². The van der Waals surface area contributed by atoms with E-state index in [0.717, 1.165) is 22.3 Å². The van der Waals surface area contributed by atoms with Gasteiger partial charge in [0.2, 0.25) is 0 Å². The summed E-state index contributed by atoms with van der Waals surface area (Å²) in [6, 6.07) is 3.94. The van der Waals surface area contributed by atoms with E-state index >= 15 is 0 Å². The predicted molar refractivity (Wildman–Crippen MR) is 78.2 cm³/mol. The largest absolute Gasteiger partial charge is 0.507 e. The summed E-state index contributed by atoms with van der Waals surface area (Å²) in [5.41, 5.74) is 9.56. The molecule has 3 N–H and O–H groups in total. The van der Waals surface area contributed by atoms with Gasteiger partial charge in [0.25, 0.3) is 0 Å². The molecule has 2 rings (SSSR count). The quantitative estimate of drug-likeness (QED) is 0.827. The number of phenols is 1. The molecule has 0 saturated carbocycles. The molecule has 0 radical (unpaired) electrons. The fourth-order valence-corrected chi connectivity index (χ4v) is 2.18. The van der Waals surface area contributed by atoms with Crippen molar-refractivity contribution in [3.05, 3.63) is 29.5 Å². The molecule has 1 aromatic carbocycles. The van der Waals surface area contributed by atoms with Gasteiger partial charge in [-0.25, -0.2) is 0 Å². The number of aromatic hydroxyl groups is 1. The van der Waals surface area contributed by atoms with Crippen LogP contribution in [0.1, 0.15) is 31.9 Å². The van der Waals surface area contributed by atoms with Crippen LogP contribution in [0.15, 0.2) is 18.3 Å². The Morgan fingerprint density at radius 3 is 2.37 bits per heavy atom. The van der Waals surface area contributed by atoms with Crippen molar-refractivity contribution in [2.45, 2.75) is 33.1 Å². The second-order valence-corrected chi connectivity index (χ2v) is 6.01. The van der Waals surface area contributed by atoms with Gasteiger partial charge in [-0.3, -0.25) is 4.68 Å². The van der Waals surface area contributed by atoms with E-state index in [9.17, 15) is 5.11 Å². The first-order valence-corrected chi connectivity index (χ1v) is 6.33. The number of hydrogen-bond donors (Lipinski definition) is 2. The van der Waals surface area contributed by atoms with Crippen LogP contribution >= 0.6 is 0 Å². The van der Waals surface area contributed by atoms with Gasteiger partial charge in [-0.05, 0) is 35.6 Å². The lowest BCUT2D eigenvalue weighted by Crippen LogP contribution is -2.12. The first-order chi connectivity index (χ1) is 8.71. The average molecular weight is 259 g/mol. The molecule has 0 atom stereocenters. The zero-order valence-electron chi connectivity index (χ0n) is 12.2. The molecular formula is C15H21N3O. The monoisotopic (exact) mass is 259 g/mol. The Hall–Kier alpha value is -1.97. The highest BCUT2D eigenvalue weighted by Crippen LogP contribution is 2.38. The number of aryl methyl sites for hydroxylation is 2. The lowest BCUT2D eigenvalue weighted by atomic mass is 9.83. The van der Waals surface area contributed by atoms with Crippen molar-refractivity contribution in [2.24, 2.45) is 7.05 Å². The Balaban J connectivity index is 2.67. The van der Waals surface area contributed by atoms with E-state index in [4.69, 9.17) is 5.73 Å². The molecule has 4 heteroatoms. The van der Waals surface area contributed by atoms with E-state index in [2.05, 4.69) is 25.9 Å². The first kappa shape index (κ1) is 13.5. The summed E-state index contributed by atoms with van der Waals surface area (Å²) in [5.74, 6) is 0.990. The van der Waals surface area contributed by atoms with Crippen LogP contribution in [0.5, 0.6) is 5.75 Å². The van der Waals surface area contributed by atoms with E-state index in [-0.39, 0.29) is 5.41 Å². The Morgan fingerprint density at radius 2 is 1.89 bits per heavy atom. The molecule has 4 nitrogen and oxygen atoms in total. The van der Waals surface area contributed by atoms with E-state index in [1.54, 1.807) is 10.9 Å². The topological polar surface area (TPSA) is 64.1 Å². The van der Waals surface area contributed by atoms with Gasteiger partial charge >= 0.3 is 0 Å². The van der Waals surface area contributed by atoms with Gasteiger partial charge in [0, 0.05) is 18.2 Å². The number of aromatic nitrogens is 2. The SMILES string of the molecule is Cc1cc(-c2cnn(C)c2N)cc(C(C)(C)C)c1O. The molecule has 0 unspecified atom stereocenters. The van der Waals surface area contributed by atoms with Crippen molar-refractivity contribution in [1.29, 1.82) is 0 Å². The van der Waals surface area contributed by atoms with Crippen LogP contribution < -0.4 is 5.73 Å². The molecule has 0 fully saturated rings. The Morgan fingerprint density at radius 1 is 1.26 bits per heavy atom. The lowest BCUT2D eigenvalue weighted by Gasteiger charge is -2.22. The van der Waals surface area contributed by atoms with Gasteiger partial charge in [0.1, 0.15) is 11.6 Å². The number of nitrogen functional groups attached to an aromatic ring is 1. The number of nitrogens with zero attached hydrogens (tertiary/aromatic N) is 2. The molecule has 2 aromatic rings. The van der Waals surface area contributed by atoms with Crippen LogP contribution in [-0.4, -0.2) is 14.9 Å². The number of rotatable bonds is 1. The second-order valence-electron chi connectivity index (χ2n) is 6.01. The van der Waals surface area contributed by atoms with Crippen molar-refractivity contribution in [3.63, 3.8) is 0 Å². The van der Waals surface area contributed by atoms with Crippen molar-refractivity contribution >= 4 is 5.82 Å². The summed E-state index contributed by atoms with van der Waals surface area (Å²) in [7, 11) is 1.82. The van der Waals surface area contributed by atoms with Crippen molar-refractivity contribution in [1.82, 2.24) is 9.78 Å². The van der Waals surface area contributed by atoms with Crippen molar-refractivity contribution in [2.75, 3.05) is 5.73 Å². The predicted octanol–water partition coefficient (Wildman–Crippen LogP) is 2.98. The van der Waals surface area contributed by atoms with Crippen molar-refractivity contribution < 1.29 is 5.11 Å². The van der Waals surface area contributed by atoms with Gasteiger partial charge < -0.3 is 10.8 Å². The molecule has 0 amide bonds. The maximum absolute atomic E-state index is 10.2. The summed E-state index contributed by atoms with van der Waals surface area (Å²) in [5, 5.41) is 14.4. The third kappa shape index (κ3) is 2.30. The van der Waals surface area contributed by atoms with Gasteiger partial charge in [-0.1, -0.05) is 20.8 Å². The van der Waals surface area contributed by atoms with Crippen LogP contribution in [0.4, 0.5) is 5.82 Å². The number of benzene rings is 1. The molecular weight excluding hydrogens is 238 g/mol. The third-order valence-corrected chi connectivity index (χ3v) is 3.40. The highest BCUT2D eigenvalue weighted by molar-refractivity contribution is 5.75. The summed E-state index contributed by atoms with van der Waals surface area (Å²) in [6.07, 6.45) is 1.76. The number of anilines is 1.